The first kappa shape index (κ1) is 38.2. The zero-order chi connectivity index (χ0) is 38.9. The molecule has 5 aromatic carbocycles. The van der Waals surface area contributed by atoms with Gasteiger partial charge in [0, 0.05) is 30.2 Å². The number of aromatic nitrogens is 2. The van der Waals surface area contributed by atoms with Crippen molar-refractivity contribution in [2.75, 3.05) is 19.0 Å². The lowest BCUT2D eigenvalue weighted by molar-refractivity contribution is -0.0531. The quantitative estimate of drug-likeness (QED) is 0.0667. The van der Waals surface area contributed by atoms with Crippen molar-refractivity contribution in [3.05, 3.63) is 196 Å². The van der Waals surface area contributed by atoms with Crippen LogP contribution in [0.15, 0.2) is 157 Å². The molecular weight excluding hydrogens is 731 g/mol. The highest BCUT2D eigenvalue weighted by Crippen LogP contribution is 2.49. The Labute approximate surface area is 328 Å². The summed E-state index contributed by atoms with van der Waals surface area (Å²) in [4.78, 5) is 42.9. The number of amides is 1. The maximum absolute atomic E-state index is 13.5. The van der Waals surface area contributed by atoms with E-state index in [1.54, 1.807) is 55.6 Å². The average molecular weight is 770 g/mol. The van der Waals surface area contributed by atoms with Gasteiger partial charge in [0.1, 0.15) is 35.3 Å². The number of aliphatic hydroxyl groups is 1. The van der Waals surface area contributed by atoms with Gasteiger partial charge in [0.05, 0.1) is 25.4 Å². The lowest BCUT2D eigenvalue weighted by atomic mass is 9.84. The largest absolute Gasteiger partial charge is 0.497 e. The summed E-state index contributed by atoms with van der Waals surface area (Å²) < 4.78 is 24.0. The second kappa shape index (κ2) is 17.6. The normalized spacial score (nSPS) is 16.6. The summed E-state index contributed by atoms with van der Waals surface area (Å²) >= 11 is 1.29. The molecule has 0 saturated carbocycles. The maximum atomic E-state index is 13.5. The molecule has 12 heteroatoms. The third kappa shape index (κ3) is 8.43. The Morgan fingerprint density at radius 1 is 0.839 bits per heavy atom. The molecule has 11 nitrogen and oxygen atoms in total. The van der Waals surface area contributed by atoms with Gasteiger partial charge in [-0.05, 0) is 58.7 Å². The molecule has 0 bridgehead atoms. The Morgan fingerprint density at radius 2 is 1.45 bits per heavy atom. The fourth-order valence-electron chi connectivity index (χ4n) is 6.59. The first-order chi connectivity index (χ1) is 27.4. The van der Waals surface area contributed by atoms with Crippen molar-refractivity contribution < 1.29 is 33.1 Å². The highest BCUT2D eigenvalue weighted by atomic mass is 32.2. The minimum atomic E-state index is -1.02. The standard InChI is InChI=1S/C44H39N3O8S/c1-52-35-23-21-34(22-24-35)44(32-16-7-3-8-17-32,33-18-9-4-10-19-33)56-54-28-31-15-11-12-20-36(31)42(50)53-29-38-37(48)27-40(55-38)47-26-25-39(46-43(47)51)45-41(49)30-13-5-2-6-14-30/h2-26,37-38,40,48H,27-29H2,1H3,(H,45,46,49,51)/t37-,38+,40+/m0/s1. The third-order valence-electron chi connectivity index (χ3n) is 9.49. The van der Waals surface area contributed by atoms with Crippen LogP contribution in [0.4, 0.5) is 5.82 Å². The molecule has 1 fully saturated rings. The van der Waals surface area contributed by atoms with E-state index in [0.29, 0.717) is 16.7 Å². The van der Waals surface area contributed by atoms with Gasteiger partial charge in [-0.2, -0.15) is 4.98 Å². The van der Waals surface area contributed by atoms with E-state index >= 15 is 0 Å². The van der Waals surface area contributed by atoms with Crippen LogP contribution in [0.3, 0.4) is 0 Å². The van der Waals surface area contributed by atoms with Crippen molar-refractivity contribution in [1.29, 1.82) is 0 Å². The second-order valence-corrected chi connectivity index (χ2v) is 14.0. The van der Waals surface area contributed by atoms with Gasteiger partial charge < -0.3 is 28.8 Å². The van der Waals surface area contributed by atoms with Crippen molar-refractivity contribution in [2.45, 2.75) is 36.2 Å². The zero-order valence-electron chi connectivity index (χ0n) is 30.4. The molecular formula is C44H39N3O8S. The van der Waals surface area contributed by atoms with Crippen molar-refractivity contribution in [3.8, 4) is 5.75 Å². The number of rotatable bonds is 14. The van der Waals surface area contributed by atoms with E-state index in [4.69, 9.17) is 18.4 Å². The second-order valence-electron chi connectivity index (χ2n) is 13.0. The van der Waals surface area contributed by atoms with Crippen LogP contribution in [0, 0.1) is 0 Å². The van der Waals surface area contributed by atoms with Crippen LogP contribution >= 0.6 is 12.0 Å². The van der Waals surface area contributed by atoms with Gasteiger partial charge in [-0.25, -0.2) is 9.59 Å². The highest BCUT2D eigenvalue weighted by Gasteiger charge is 2.39. The molecule has 3 atom stereocenters. The first-order valence-corrected chi connectivity index (χ1v) is 18.7. The fraction of sp³-hybridized carbons (Fsp3) is 0.182. The molecule has 1 aliphatic heterocycles. The Kier molecular flexibility index (Phi) is 12.0. The third-order valence-corrected chi connectivity index (χ3v) is 10.7. The van der Waals surface area contributed by atoms with Crippen molar-refractivity contribution in [1.82, 2.24) is 9.55 Å². The summed E-state index contributed by atoms with van der Waals surface area (Å²) in [6.07, 6.45) is -1.26. The predicted octanol–water partition coefficient (Wildman–Crippen LogP) is 7.17. The number of benzene rings is 5. The van der Waals surface area contributed by atoms with Crippen LogP contribution in [0.5, 0.6) is 5.75 Å². The number of ether oxygens (including phenoxy) is 3. The number of nitrogens with zero attached hydrogens (tertiary/aromatic N) is 2. The number of esters is 1. The number of methoxy groups -OCH3 is 1. The summed E-state index contributed by atoms with van der Waals surface area (Å²) in [5, 5.41) is 13.4. The molecule has 0 spiro atoms. The number of hydrogen-bond acceptors (Lipinski definition) is 10. The van der Waals surface area contributed by atoms with Gasteiger partial charge in [0.2, 0.25) is 0 Å². The Hall–Kier alpha value is -6.05. The molecule has 0 aliphatic carbocycles. The molecule has 0 unspecified atom stereocenters. The predicted molar refractivity (Wildman–Crippen MR) is 212 cm³/mol. The summed E-state index contributed by atoms with van der Waals surface area (Å²) in [5.41, 5.74) is 3.65. The van der Waals surface area contributed by atoms with Crippen LogP contribution in [0.1, 0.15) is 55.6 Å². The molecule has 2 N–H and O–H groups in total. The Bertz CT molecular complexity index is 2270. The summed E-state index contributed by atoms with van der Waals surface area (Å²) in [5.74, 6) is -0.202. The molecule has 284 valence electrons. The molecule has 2 heterocycles. The summed E-state index contributed by atoms with van der Waals surface area (Å²) in [6.45, 7) is -0.174. The van der Waals surface area contributed by atoms with Gasteiger partial charge in [-0.1, -0.05) is 109 Å². The minimum absolute atomic E-state index is 0.0694. The van der Waals surface area contributed by atoms with Gasteiger partial charge in [-0.15, -0.1) is 0 Å². The molecule has 1 aromatic heterocycles. The minimum Gasteiger partial charge on any atom is -0.497 e. The van der Waals surface area contributed by atoms with E-state index in [0.717, 1.165) is 22.4 Å². The van der Waals surface area contributed by atoms with E-state index in [1.807, 2.05) is 66.7 Å². The van der Waals surface area contributed by atoms with Crippen LogP contribution in [0.2, 0.25) is 0 Å². The van der Waals surface area contributed by atoms with Crippen LogP contribution in [-0.2, 0) is 25.0 Å². The highest BCUT2D eigenvalue weighted by molar-refractivity contribution is 7.96. The van der Waals surface area contributed by atoms with Gasteiger partial charge in [0.25, 0.3) is 5.91 Å². The van der Waals surface area contributed by atoms with E-state index in [1.165, 1.54) is 28.9 Å². The molecule has 1 amide bonds. The fourth-order valence-corrected chi connectivity index (χ4v) is 7.65. The topological polar surface area (TPSA) is 138 Å². The molecule has 6 aromatic rings. The van der Waals surface area contributed by atoms with Gasteiger partial charge >= 0.3 is 11.7 Å². The smallest absolute Gasteiger partial charge is 0.351 e. The van der Waals surface area contributed by atoms with E-state index in [9.17, 15) is 19.5 Å². The van der Waals surface area contributed by atoms with Crippen molar-refractivity contribution >= 4 is 29.7 Å². The lowest BCUT2D eigenvalue weighted by Crippen LogP contribution is -2.29. The average Bonchev–Trinajstić information content (AvgIpc) is 3.62. The van der Waals surface area contributed by atoms with E-state index in [2.05, 4.69) is 34.6 Å². The van der Waals surface area contributed by atoms with Crippen LogP contribution in [-0.4, -0.2) is 52.5 Å². The van der Waals surface area contributed by atoms with Crippen molar-refractivity contribution in [3.63, 3.8) is 0 Å². The Balaban J connectivity index is 1.02. The number of carbonyl (C=O) groups is 2. The molecule has 1 aliphatic rings. The number of anilines is 1. The lowest BCUT2D eigenvalue weighted by Gasteiger charge is -2.34. The van der Waals surface area contributed by atoms with Crippen molar-refractivity contribution in [2.24, 2.45) is 0 Å². The SMILES string of the molecule is COc1ccc(C(SOCc2ccccc2C(=O)OC[C@H]2O[C@@H](n3ccc(NC(=O)c4ccccc4)nc3=O)C[C@@H]2O)(c2ccccc2)c2ccccc2)cc1. The van der Waals surface area contributed by atoms with E-state index < -0.39 is 40.7 Å². The summed E-state index contributed by atoms with van der Waals surface area (Å²) in [7, 11) is 1.63. The number of carbonyl (C=O) groups excluding carboxylic acids is 2. The van der Waals surface area contributed by atoms with Gasteiger partial charge in [0.15, 0.2) is 0 Å². The molecule has 0 radical (unpaired) electrons. The van der Waals surface area contributed by atoms with E-state index in [-0.39, 0.29) is 25.5 Å². The van der Waals surface area contributed by atoms with Crippen LogP contribution < -0.4 is 15.7 Å². The van der Waals surface area contributed by atoms with Gasteiger partial charge in [-0.3, -0.25) is 9.36 Å². The monoisotopic (exact) mass is 769 g/mol. The number of aliphatic hydroxyl groups excluding tert-OH is 1. The molecule has 7 rings (SSSR count). The number of nitrogens with one attached hydrogen (secondary N) is 1. The molecule has 1 saturated heterocycles. The van der Waals surface area contributed by atoms with Crippen LogP contribution in [0.25, 0.3) is 0 Å². The number of hydrogen-bond donors (Lipinski definition) is 2. The zero-order valence-corrected chi connectivity index (χ0v) is 31.2. The summed E-state index contributed by atoms with van der Waals surface area (Å²) in [6, 6.07) is 45.2. The Morgan fingerprint density at radius 3 is 2.09 bits per heavy atom. The maximum Gasteiger partial charge on any atom is 0.351 e. The first-order valence-electron chi connectivity index (χ1n) is 18.0. The molecule has 56 heavy (non-hydrogen) atoms.